The van der Waals surface area contributed by atoms with E-state index in [1.165, 1.54) is 30.1 Å². The zero-order valence-corrected chi connectivity index (χ0v) is 11.3. The molecule has 0 fully saturated rings. The summed E-state index contributed by atoms with van der Waals surface area (Å²) in [5.74, 6) is 1.05. The second-order valence-electron chi connectivity index (χ2n) is 3.68. The van der Waals surface area contributed by atoms with Gasteiger partial charge < -0.3 is 10.2 Å². The number of rotatable bonds is 6. The minimum absolute atomic E-state index is 0.00766. The summed E-state index contributed by atoms with van der Waals surface area (Å²) in [6.45, 7) is 3.61. The molecule has 2 rings (SSSR count). The minimum atomic E-state index is -0.0599. The number of aromatic hydroxyl groups is 2. The Balaban J connectivity index is 1.95. The van der Waals surface area contributed by atoms with Gasteiger partial charge in [-0.05, 0) is 12.1 Å². The number of nitrogens with one attached hydrogen (secondary N) is 2. The highest BCUT2D eigenvalue weighted by molar-refractivity contribution is 7.99. The van der Waals surface area contributed by atoms with Crippen LogP contribution in [0.3, 0.4) is 0 Å². The van der Waals surface area contributed by atoms with E-state index in [9.17, 15) is 5.11 Å². The third kappa shape index (κ3) is 3.75. The highest BCUT2D eigenvalue weighted by atomic mass is 32.2. The van der Waals surface area contributed by atoms with Crippen LogP contribution in [-0.4, -0.2) is 37.4 Å². The molecule has 0 bridgehead atoms. The standard InChI is InChI=1S/C12H13N5O2S/c1-2-5-20-12-14-11(16-17-12)15-13-7-8-3-4-9(18)6-10(8)19/h2-4,6-7,18-19H,1,5H2,(H2,14,15,16,17)/b13-7-. The first-order valence-corrected chi connectivity index (χ1v) is 6.65. The van der Waals surface area contributed by atoms with Gasteiger partial charge in [0.15, 0.2) is 0 Å². The normalized spacial score (nSPS) is 10.8. The first-order chi connectivity index (χ1) is 9.69. The van der Waals surface area contributed by atoms with Crippen LogP contribution >= 0.6 is 11.8 Å². The molecule has 0 aliphatic heterocycles. The lowest BCUT2D eigenvalue weighted by atomic mass is 10.2. The molecule has 2 aromatic rings. The third-order valence-electron chi connectivity index (χ3n) is 2.18. The Morgan fingerprint density at radius 3 is 3.05 bits per heavy atom. The predicted octanol–water partition coefficient (Wildman–Crippen LogP) is 1.94. The lowest BCUT2D eigenvalue weighted by molar-refractivity contribution is 0.450. The van der Waals surface area contributed by atoms with Gasteiger partial charge in [0.1, 0.15) is 11.5 Å². The number of H-pyrrole nitrogens is 1. The summed E-state index contributed by atoms with van der Waals surface area (Å²) in [5.41, 5.74) is 3.13. The summed E-state index contributed by atoms with van der Waals surface area (Å²) in [7, 11) is 0. The van der Waals surface area contributed by atoms with Crippen LogP contribution in [0.25, 0.3) is 0 Å². The number of hydrogen-bond donors (Lipinski definition) is 4. The number of phenols is 2. The fourth-order valence-electron chi connectivity index (χ4n) is 1.30. The third-order valence-corrected chi connectivity index (χ3v) is 3.03. The number of aromatic nitrogens is 3. The van der Waals surface area contributed by atoms with E-state index < -0.39 is 0 Å². The quantitative estimate of drug-likeness (QED) is 0.280. The lowest BCUT2D eigenvalue weighted by Gasteiger charge is -1.99. The highest BCUT2D eigenvalue weighted by Crippen LogP contribution is 2.20. The maximum absolute atomic E-state index is 9.56. The average molecular weight is 291 g/mol. The number of anilines is 1. The molecule has 0 radical (unpaired) electrons. The van der Waals surface area contributed by atoms with Crippen molar-refractivity contribution in [3.8, 4) is 11.5 Å². The molecule has 0 saturated carbocycles. The van der Waals surface area contributed by atoms with Crippen molar-refractivity contribution in [2.75, 3.05) is 11.2 Å². The lowest BCUT2D eigenvalue weighted by Crippen LogP contribution is -1.92. The SMILES string of the molecule is C=CCSc1n[nH]c(N/N=C\c2ccc(O)cc2O)n1. The van der Waals surface area contributed by atoms with Crippen molar-refractivity contribution in [2.24, 2.45) is 5.10 Å². The Bertz CT molecular complexity index is 626. The van der Waals surface area contributed by atoms with Crippen LogP contribution in [0.15, 0.2) is 41.1 Å². The number of benzene rings is 1. The topological polar surface area (TPSA) is 106 Å². The van der Waals surface area contributed by atoms with Crippen LogP contribution in [0.1, 0.15) is 5.56 Å². The van der Waals surface area contributed by atoms with Gasteiger partial charge in [0, 0.05) is 17.4 Å². The van der Waals surface area contributed by atoms with E-state index in [1.54, 1.807) is 12.1 Å². The van der Waals surface area contributed by atoms with Crippen LogP contribution in [0, 0.1) is 0 Å². The van der Waals surface area contributed by atoms with E-state index in [0.29, 0.717) is 16.7 Å². The van der Waals surface area contributed by atoms with E-state index in [2.05, 4.69) is 32.3 Å². The van der Waals surface area contributed by atoms with Crippen molar-refractivity contribution < 1.29 is 10.2 Å². The number of thioether (sulfide) groups is 1. The molecule has 0 spiro atoms. The Kier molecular flexibility index (Phi) is 4.61. The van der Waals surface area contributed by atoms with Crippen LogP contribution in [0.2, 0.25) is 0 Å². The van der Waals surface area contributed by atoms with Crippen molar-refractivity contribution in [1.82, 2.24) is 15.2 Å². The Hall–Kier alpha value is -2.48. The van der Waals surface area contributed by atoms with Gasteiger partial charge in [0.05, 0.1) is 6.21 Å². The highest BCUT2D eigenvalue weighted by Gasteiger charge is 2.02. The molecule has 0 aliphatic carbocycles. The van der Waals surface area contributed by atoms with Gasteiger partial charge in [-0.1, -0.05) is 17.8 Å². The number of aromatic amines is 1. The van der Waals surface area contributed by atoms with Gasteiger partial charge in [-0.2, -0.15) is 10.1 Å². The van der Waals surface area contributed by atoms with E-state index in [4.69, 9.17) is 5.11 Å². The maximum atomic E-state index is 9.56. The molecule has 0 saturated heterocycles. The van der Waals surface area contributed by atoms with Gasteiger partial charge in [0.25, 0.3) is 0 Å². The molecule has 1 aromatic carbocycles. The van der Waals surface area contributed by atoms with Gasteiger partial charge in [-0.15, -0.1) is 11.7 Å². The molecule has 20 heavy (non-hydrogen) atoms. The minimum Gasteiger partial charge on any atom is -0.508 e. The van der Waals surface area contributed by atoms with E-state index in [0.717, 1.165) is 5.75 Å². The monoisotopic (exact) mass is 291 g/mol. The van der Waals surface area contributed by atoms with E-state index in [-0.39, 0.29) is 11.5 Å². The molecular weight excluding hydrogens is 278 g/mol. The smallest absolute Gasteiger partial charge is 0.240 e. The van der Waals surface area contributed by atoms with Crippen LogP contribution in [0.5, 0.6) is 11.5 Å². The number of hydrogen-bond acceptors (Lipinski definition) is 7. The van der Waals surface area contributed by atoms with Crippen LogP contribution < -0.4 is 5.43 Å². The summed E-state index contributed by atoms with van der Waals surface area (Å²) in [5, 5.41) is 29.9. The molecular formula is C12H13N5O2S. The average Bonchev–Trinajstić information content (AvgIpc) is 2.87. The molecule has 0 unspecified atom stereocenters. The predicted molar refractivity (Wildman–Crippen MR) is 78.3 cm³/mol. The second-order valence-corrected chi connectivity index (χ2v) is 4.67. The molecule has 104 valence electrons. The van der Waals surface area contributed by atoms with E-state index >= 15 is 0 Å². The summed E-state index contributed by atoms with van der Waals surface area (Å²) >= 11 is 1.44. The first kappa shape index (κ1) is 13.9. The second kappa shape index (κ2) is 6.62. The first-order valence-electron chi connectivity index (χ1n) is 5.66. The number of hydrazone groups is 1. The summed E-state index contributed by atoms with van der Waals surface area (Å²) in [4.78, 5) is 4.14. The maximum Gasteiger partial charge on any atom is 0.240 e. The molecule has 0 atom stereocenters. The Labute approximate surface area is 119 Å². The Morgan fingerprint density at radius 1 is 1.45 bits per heavy atom. The molecule has 1 heterocycles. The van der Waals surface area contributed by atoms with Crippen molar-refractivity contribution in [2.45, 2.75) is 5.16 Å². The van der Waals surface area contributed by atoms with Crippen molar-refractivity contribution in [3.05, 3.63) is 36.4 Å². The van der Waals surface area contributed by atoms with Crippen molar-refractivity contribution in [3.63, 3.8) is 0 Å². The van der Waals surface area contributed by atoms with Crippen LogP contribution in [0.4, 0.5) is 5.95 Å². The summed E-state index contributed by atoms with van der Waals surface area (Å²) < 4.78 is 0. The zero-order chi connectivity index (χ0) is 14.4. The number of nitrogens with zero attached hydrogens (tertiary/aromatic N) is 3. The van der Waals surface area contributed by atoms with Crippen molar-refractivity contribution >= 4 is 23.9 Å². The van der Waals surface area contributed by atoms with Gasteiger partial charge >= 0.3 is 0 Å². The fourth-order valence-corrected chi connectivity index (χ4v) is 1.83. The van der Waals surface area contributed by atoms with Gasteiger partial charge in [0.2, 0.25) is 11.1 Å². The molecule has 7 nitrogen and oxygen atoms in total. The van der Waals surface area contributed by atoms with Gasteiger partial charge in [-0.25, -0.2) is 10.5 Å². The summed E-state index contributed by atoms with van der Waals surface area (Å²) in [6, 6.07) is 4.24. The molecule has 4 N–H and O–H groups in total. The van der Waals surface area contributed by atoms with E-state index in [1.807, 2.05) is 0 Å². The van der Waals surface area contributed by atoms with Gasteiger partial charge in [-0.3, -0.25) is 0 Å². The zero-order valence-electron chi connectivity index (χ0n) is 10.4. The molecule has 0 amide bonds. The fraction of sp³-hybridized carbons (Fsp3) is 0.0833. The molecule has 1 aromatic heterocycles. The largest absolute Gasteiger partial charge is 0.508 e. The number of phenolic OH excluding ortho intramolecular Hbond substituents is 2. The molecule has 0 aliphatic rings. The molecule has 8 heteroatoms. The Morgan fingerprint density at radius 2 is 2.30 bits per heavy atom. The van der Waals surface area contributed by atoms with Crippen LogP contribution in [-0.2, 0) is 0 Å². The summed E-state index contributed by atoms with van der Waals surface area (Å²) in [6.07, 6.45) is 3.17. The van der Waals surface area contributed by atoms with Crippen molar-refractivity contribution in [1.29, 1.82) is 0 Å².